The number of nitrogens with zero attached hydrogens (tertiary/aromatic N) is 3. The first-order chi connectivity index (χ1) is 20.9. The van der Waals surface area contributed by atoms with Crippen LogP contribution in [0.3, 0.4) is 0 Å². The standard InChI is InChI=1S/C29H31ClN7O6P/c1-32-34-19-37(31)26-13-10-23(30)18-22(26)9-14-27(38)36-25(17-20-5-3-2-4-6-20)29(40)35-24-11-7-21(8-12-24)28(39)33-15-16-44(41,42)43/h2-14,18-19,25H,1,15-17,31H2,(H,33,39)(H,35,40)(H,36,38)(H2,41,42,43)/b14-9+,34-19-/t25-/m0/s1. The first-order valence-corrected chi connectivity index (χ1v) is 15.2. The normalized spacial score (nSPS) is 12.1. The van der Waals surface area contributed by atoms with Crippen molar-refractivity contribution in [1.82, 2.24) is 10.6 Å². The Morgan fingerprint density at radius 3 is 2.43 bits per heavy atom. The number of amides is 3. The first-order valence-electron chi connectivity index (χ1n) is 13.0. The Hall–Kier alpha value is -4.65. The Kier molecular flexibility index (Phi) is 12.5. The Labute approximate surface area is 258 Å². The SMILES string of the molecule is C=N/N=C\N(N)c1ccc(Cl)cc1/C=C/C(=O)N[C@@H](Cc1ccccc1)C(=O)Nc1ccc(C(=O)NCCP(=O)(O)O)cc1. The summed E-state index contributed by atoms with van der Waals surface area (Å²) in [5.74, 6) is 4.41. The van der Waals surface area contributed by atoms with Gasteiger partial charge in [-0.1, -0.05) is 41.9 Å². The zero-order valence-electron chi connectivity index (χ0n) is 23.3. The number of nitrogens with two attached hydrogens (primary N) is 1. The first kappa shape index (κ1) is 33.8. The van der Waals surface area contributed by atoms with Crippen LogP contribution < -0.4 is 26.8 Å². The van der Waals surface area contributed by atoms with E-state index in [4.69, 9.17) is 27.2 Å². The molecule has 3 amide bonds. The number of carbonyl (C=O) groups is 3. The molecule has 0 bridgehead atoms. The maximum Gasteiger partial charge on any atom is 0.327 e. The lowest BCUT2D eigenvalue weighted by Gasteiger charge is -2.18. The molecule has 0 heterocycles. The molecule has 0 aliphatic carbocycles. The van der Waals surface area contributed by atoms with Crippen molar-refractivity contribution in [1.29, 1.82) is 0 Å². The molecule has 0 saturated carbocycles. The number of hydrogen-bond acceptors (Lipinski definition) is 7. The number of carbonyl (C=O) groups excluding carboxylic acids is 3. The van der Waals surface area contributed by atoms with E-state index in [1.807, 2.05) is 30.3 Å². The molecule has 13 nitrogen and oxygen atoms in total. The molecule has 0 radical (unpaired) electrons. The number of hydrazine groups is 1. The van der Waals surface area contributed by atoms with Crippen LogP contribution in [0.4, 0.5) is 11.4 Å². The number of nitrogens with one attached hydrogen (secondary N) is 3. The predicted octanol–water partition coefficient (Wildman–Crippen LogP) is 2.95. The van der Waals surface area contributed by atoms with Gasteiger partial charge in [-0.3, -0.25) is 24.0 Å². The summed E-state index contributed by atoms with van der Waals surface area (Å²) in [7, 11) is -4.23. The van der Waals surface area contributed by atoms with Gasteiger partial charge in [-0.05, 0) is 54.1 Å². The van der Waals surface area contributed by atoms with E-state index < -0.39 is 37.5 Å². The van der Waals surface area contributed by atoms with Gasteiger partial charge in [0.25, 0.3) is 5.91 Å². The number of anilines is 2. The average molecular weight is 640 g/mol. The van der Waals surface area contributed by atoms with Crippen molar-refractivity contribution in [2.45, 2.75) is 12.5 Å². The largest absolute Gasteiger partial charge is 0.351 e. The minimum atomic E-state index is -4.23. The molecule has 0 aromatic heterocycles. The quantitative estimate of drug-likeness (QED) is 0.0386. The van der Waals surface area contributed by atoms with Crippen LogP contribution in [0.25, 0.3) is 6.08 Å². The zero-order valence-corrected chi connectivity index (χ0v) is 25.0. The molecular formula is C29H31ClN7O6P. The van der Waals surface area contributed by atoms with Crippen LogP contribution in [-0.4, -0.2) is 59.3 Å². The third-order valence-corrected chi connectivity index (χ3v) is 7.00. The lowest BCUT2D eigenvalue weighted by Crippen LogP contribution is -2.44. The smallest absolute Gasteiger partial charge is 0.327 e. The van der Waals surface area contributed by atoms with Gasteiger partial charge in [0.1, 0.15) is 12.4 Å². The van der Waals surface area contributed by atoms with Crippen molar-refractivity contribution < 1.29 is 28.7 Å². The Morgan fingerprint density at radius 1 is 1.07 bits per heavy atom. The molecule has 3 aromatic carbocycles. The zero-order chi connectivity index (χ0) is 32.1. The molecule has 0 aliphatic rings. The van der Waals surface area contributed by atoms with Gasteiger partial charge in [0.2, 0.25) is 11.8 Å². The fourth-order valence-corrected chi connectivity index (χ4v) is 4.43. The van der Waals surface area contributed by atoms with Crippen LogP contribution >= 0.6 is 19.2 Å². The summed E-state index contributed by atoms with van der Waals surface area (Å²) in [6.45, 7) is 3.07. The van der Waals surface area contributed by atoms with Gasteiger partial charge in [-0.15, -0.1) is 5.10 Å². The van der Waals surface area contributed by atoms with Gasteiger partial charge in [-0.2, -0.15) is 5.10 Å². The predicted molar refractivity (Wildman–Crippen MR) is 172 cm³/mol. The Balaban J connectivity index is 1.73. The van der Waals surface area contributed by atoms with E-state index in [-0.39, 0.29) is 18.5 Å². The van der Waals surface area contributed by atoms with Crippen LogP contribution in [0.1, 0.15) is 21.5 Å². The molecule has 7 N–H and O–H groups in total. The van der Waals surface area contributed by atoms with Crippen molar-refractivity contribution in [2.24, 2.45) is 16.0 Å². The fraction of sp³-hybridized carbons (Fsp3) is 0.138. The molecule has 230 valence electrons. The van der Waals surface area contributed by atoms with Crippen molar-refractivity contribution >= 4 is 67.4 Å². The van der Waals surface area contributed by atoms with Crippen LogP contribution in [-0.2, 0) is 20.6 Å². The molecule has 3 aromatic rings. The lowest BCUT2D eigenvalue weighted by atomic mass is 10.0. The van der Waals surface area contributed by atoms with E-state index in [0.717, 1.165) is 5.56 Å². The number of hydrogen-bond donors (Lipinski definition) is 6. The lowest BCUT2D eigenvalue weighted by molar-refractivity contribution is -0.123. The second kappa shape index (κ2) is 16.3. The number of halogens is 1. The summed E-state index contributed by atoms with van der Waals surface area (Å²) in [6, 6.07) is 18.9. The summed E-state index contributed by atoms with van der Waals surface area (Å²) >= 11 is 6.14. The number of rotatable bonds is 14. The molecule has 1 atom stereocenters. The third kappa shape index (κ3) is 11.2. The summed E-state index contributed by atoms with van der Waals surface area (Å²) in [5, 5.41) is 16.5. The van der Waals surface area contributed by atoms with Crippen LogP contribution in [0.15, 0.2) is 89.1 Å². The maximum absolute atomic E-state index is 13.3. The molecule has 0 saturated heterocycles. The van der Waals surface area contributed by atoms with Crippen LogP contribution in [0.2, 0.25) is 5.02 Å². The van der Waals surface area contributed by atoms with Crippen molar-refractivity contribution in [3.8, 4) is 0 Å². The van der Waals surface area contributed by atoms with E-state index >= 15 is 0 Å². The second-order valence-electron chi connectivity index (χ2n) is 9.28. The fourth-order valence-electron chi connectivity index (χ4n) is 3.84. The summed E-state index contributed by atoms with van der Waals surface area (Å²) in [5.41, 5.74) is 2.39. The Morgan fingerprint density at radius 2 is 1.77 bits per heavy atom. The van der Waals surface area contributed by atoms with Crippen molar-refractivity contribution in [3.05, 3.63) is 101 Å². The molecule has 0 fully saturated rings. The summed E-state index contributed by atoms with van der Waals surface area (Å²) < 4.78 is 11.0. The highest BCUT2D eigenvalue weighted by Gasteiger charge is 2.21. The summed E-state index contributed by atoms with van der Waals surface area (Å²) in [6.07, 6.45) is 3.68. The molecule has 15 heteroatoms. The minimum Gasteiger partial charge on any atom is -0.351 e. The highest BCUT2D eigenvalue weighted by molar-refractivity contribution is 7.51. The van der Waals surface area contributed by atoms with E-state index in [9.17, 15) is 18.9 Å². The van der Waals surface area contributed by atoms with Gasteiger partial charge < -0.3 is 25.7 Å². The van der Waals surface area contributed by atoms with Crippen molar-refractivity contribution in [2.75, 3.05) is 23.0 Å². The van der Waals surface area contributed by atoms with E-state index in [0.29, 0.717) is 22.0 Å². The van der Waals surface area contributed by atoms with E-state index in [1.54, 1.807) is 18.2 Å². The maximum atomic E-state index is 13.3. The molecule has 44 heavy (non-hydrogen) atoms. The molecule has 3 rings (SSSR count). The molecule has 0 spiro atoms. The topological polar surface area (TPSA) is 199 Å². The van der Waals surface area contributed by atoms with E-state index in [2.05, 4.69) is 32.9 Å². The highest BCUT2D eigenvalue weighted by Crippen LogP contribution is 2.32. The van der Waals surface area contributed by atoms with Crippen molar-refractivity contribution in [3.63, 3.8) is 0 Å². The molecular weight excluding hydrogens is 609 g/mol. The minimum absolute atomic E-state index is 0.191. The molecule has 0 unspecified atom stereocenters. The van der Waals surface area contributed by atoms with Gasteiger partial charge in [0.05, 0.1) is 11.8 Å². The molecule has 0 aliphatic heterocycles. The average Bonchev–Trinajstić information content (AvgIpc) is 2.98. The van der Waals surface area contributed by atoms with Gasteiger partial charge in [0, 0.05) is 47.6 Å². The van der Waals surface area contributed by atoms with Crippen LogP contribution in [0, 0.1) is 0 Å². The summed E-state index contributed by atoms with van der Waals surface area (Å²) in [4.78, 5) is 56.4. The Bertz CT molecular complexity index is 1580. The van der Waals surface area contributed by atoms with E-state index in [1.165, 1.54) is 47.8 Å². The van der Waals surface area contributed by atoms with Gasteiger partial charge in [-0.25, -0.2) is 5.84 Å². The second-order valence-corrected chi connectivity index (χ2v) is 11.5. The number of benzene rings is 3. The van der Waals surface area contributed by atoms with Crippen LogP contribution in [0.5, 0.6) is 0 Å². The highest BCUT2D eigenvalue weighted by atomic mass is 35.5. The van der Waals surface area contributed by atoms with Gasteiger partial charge in [0.15, 0.2) is 0 Å². The third-order valence-electron chi connectivity index (χ3n) is 5.96. The van der Waals surface area contributed by atoms with Gasteiger partial charge >= 0.3 is 7.60 Å². The monoisotopic (exact) mass is 639 g/mol.